The quantitative estimate of drug-likeness (QED) is 0.823. The first-order valence-corrected chi connectivity index (χ1v) is 9.91. The molecule has 0 saturated heterocycles. The third-order valence-corrected chi connectivity index (χ3v) is 6.13. The van der Waals surface area contributed by atoms with Crippen LogP contribution in [0.25, 0.3) is 0 Å². The summed E-state index contributed by atoms with van der Waals surface area (Å²) in [5.41, 5.74) is 1.41. The predicted molar refractivity (Wildman–Crippen MR) is 91.9 cm³/mol. The maximum Gasteiger partial charge on any atom is 0.0348 e. The van der Waals surface area contributed by atoms with Crippen molar-refractivity contribution in [2.45, 2.75) is 56.7 Å². The second-order valence-corrected chi connectivity index (χ2v) is 8.14. The molecule has 3 atom stereocenters. The highest BCUT2D eigenvalue weighted by Gasteiger charge is 2.24. The molecule has 1 aromatic rings. The van der Waals surface area contributed by atoms with Gasteiger partial charge >= 0.3 is 0 Å². The zero-order chi connectivity index (χ0) is 15.1. The van der Waals surface area contributed by atoms with Gasteiger partial charge in [-0.05, 0) is 37.3 Å². The van der Waals surface area contributed by atoms with E-state index in [1.54, 1.807) is 6.26 Å². The first-order valence-electron chi connectivity index (χ1n) is 8.29. The summed E-state index contributed by atoms with van der Waals surface area (Å²) < 4.78 is 11.5. The van der Waals surface area contributed by atoms with Crippen LogP contribution in [-0.4, -0.2) is 22.3 Å². The molecule has 1 fully saturated rings. The van der Waals surface area contributed by atoms with Gasteiger partial charge < -0.3 is 5.32 Å². The number of nitrogens with one attached hydrogen (secondary N) is 1. The van der Waals surface area contributed by atoms with E-state index in [1.165, 1.54) is 37.7 Å². The van der Waals surface area contributed by atoms with Crippen molar-refractivity contribution in [3.05, 3.63) is 35.9 Å². The highest BCUT2D eigenvalue weighted by atomic mass is 32.2. The first kappa shape index (κ1) is 16.7. The van der Waals surface area contributed by atoms with E-state index in [0.717, 1.165) is 18.9 Å². The van der Waals surface area contributed by atoms with E-state index in [0.29, 0.717) is 6.04 Å². The monoisotopic (exact) mass is 307 g/mol. The van der Waals surface area contributed by atoms with E-state index < -0.39 is 10.8 Å². The van der Waals surface area contributed by atoms with Crippen molar-refractivity contribution in [1.82, 2.24) is 5.32 Å². The van der Waals surface area contributed by atoms with Crippen molar-refractivity contribution in [2.75, 3.05) is 12.8 Å². The lowest BCUT2D eigenvalue weighted by Gasteiger charge is -2.32. The minimum absolute atomic E-state index is 0.278. The number of hydrogen-bond donors (Lipinski definition) is 1. The molecule has 1 aliphatic carbocycles. The Kier molecular flexibility index (Phi) is 6.91. The fraction of sp³-hybridized carbons (Fsp3) is 0.667. The zero-order valence-electron chi connectivity index (χ0n) is 13.4. The predicted octanol–water partition coefficient (Wildman–Crippen LogP) is 4.05. The van der Waals surface area contributed by atoms with Gasteiger partial charge in [-0.3, -0.25) is 4.21 Å². The highest BCUT2D eigenvalue weighted by molar-refractivity contribution is 7.84. The van der Waals surface area contributed by atoms with E-state index in [4.69, 9.17) is 0 Å². The smallest absolute Gasteiger partial charge is 0.0348 e. The minimum atomic E-state index is -0.714. The van der Waals surface area contributed by atoms with Gasteiger partial charge in [0.15, 0.2) is 0 Å². The van der Waals surface area contributed by atoms with E-state index in [2.05, 4.69) is 42.6 Å². The summed E-state index contributed by atoms with van der Waals surface area (Å²) >= 11 is 0. The molecule has 1 saturated carbocycles. The molecule has 0 aliphatic heterocycles. The maximum absolute atomic E-state index is 11.5. The number of rotatable bonds is 7. The Hall–Kier alpha value is -0.670. The molecule has 21 heavy (non-hydrogen) atoms. The van der Waals surface area contributed by atoms with Gasteiger partial charge in [0.1, 0.15) is 0 Å². The second kappa shape index (κ2) is 8.70. The Morgan fingerprint density at radius 3 is 2.48 bits per heavy atom. The van der Waals surface area contributed by atoms with Crippen LogP contribution in [-0.2, 0) is 10.8 Å². The van der Waals surface area contributed by atoms with Gasteiger partial charge in [0.25, 0.3) is 0 Å². The van der Waals surface area contributed by atoms with Gasteiger partial charge in [0, 0.05) is 28.3 Å². The van der Waals surface area contributed by atoms with Crippen LogP contribution in [0.2, 0.25) is 0 Å². The maximum atomic E-state index is 11.5. The van der Waals surface area contributed by atoms with E-state index in [1.807, 2.05) is 0 Å². The van der Waals surface area contributed by atoms with Crippen LogP contribution in [0.15, 0.2) is 30.3 Å². The average molecular weight is 308 g/mol. The molecule has 1 N–H and O–H groups in total. The van der Waals surface area contributed by atoms with Crippen LogP contribution in [0.1, 0.15) is 57.1 Å². The summed E-state index contributed by atoms with van der Waals surface area (Å²) in [4.78, 5) is 0. The van der Waals surface area contributed by atoms with Crippen LogP contribution >= 0.6 is 0 Å². The molecule has 3 heteroatoms. The molecular formula is C18H29NOS. The molecule has 0 radical (unpaired) electrons. The van der Waals surface area contributed by atoms with E-state index >= 15 is 0 Å². The molecule has 0 amide bonds. The summed E-state index contributed by atoms with van der Waals surface area (Å²) in [7, 11) is -0.714. The largest absolute Gasteiger partial charge is 0.310 e. The van der Waals surface area contributed by atoms with Crippen LogP contribution in [0.4, 0.5) is 0 Å². The van der Waals surface area contributed by atoms with Crippen molar-refractivity contribution in [3.8, 4) is 0 Å². The SMILES string of the molecule is CC(CCNC(c1ccccc1)C1CCCCC1)S(C)=O. The third kappa shape index (κ3) is 5.23. The van der Waals surface area contributed by atoms with Crippen LogP contribution in [0, 0.1) is 5.92 Å². The topological polar surface area (TPSA) is 29.1 Å². The van der Waals surface area contributed by atoms with E-state index in [9.17, 15) is 4.21 Å². The van der Waals surface area contributed by atoms with Gasteiger partial charge in [-0.2, -0.15) is 0 Å². The summed E-state index contributed by atoms with van der Waals surface area (Å²) in [6.07, 6.45) is 9.59. The fourth-order valence-electron chi connectivity index (χ4n) is 3.29. The van der Waals surface area contributed by atoms with Crippen molar-refractivity contribution < 1.29 is 4.21 Å². The standard InChI is InChI=1S/C18H29NOS/c1-15(21(2)20)13-14-19-18(16-9-5-3-6-10-16)17-11-7-4-8-12-17/h3,5-6,9-10,15,17-19H,4,7-8,11-14H2,1-2H3. The van der Waals surface area contributed by atoms with Crippen molar-refractivity contribution >= 4 is 10.8 Å². The fourth-order valence-corrected chi connectivity index (χ4v) is 3.74. The normalized spacial score (nSPS) is 20.9. The van der Waals surface area contributed by atoms with Crippen LogP contribution in [0.5, 0.6) is 0 Å². The Bertz CT molecular complexity index is 428. The molecule has 2 nitrogen and oxygen atoms in total. The molecule has 1 aromatic carbocycles. The van der Waals surface area contributed by atoms with Crippen molar-refractivity contribution in [3.63, 3.8) is 0 Å². The number of hydrogen-bond acceptors (Lipinski definition) is 2. The van der Waals surface area contributed by atoms with Gasteiger partial charge in [0.05, 0.1) is 0 Å². The lowest BCUT2D eigenvalue weighted by molar-refractivity contribution is 0.271. The summed E-state index contributed by atoms with van der Waals surface area (Å²) in [5.74, 6) is 0.753. The molecule has 3 unspecified atom stereocenters. The van der Waals surface area contributed by atoms with Crippen molar-refractivity contribution in [2.24, 2.45) is 5.92 Å². The van der Waals surface area contributed by atoms with Gasteiger partial charge in [-0.25, -0.2) is 0 Å². The lowest BCUT2D eigenvalue weighted by Crippen LogP contribution is -2.32. The molecule has 0 heterocycles. The first-order chi connectivity index (χ1) is 10.2. The highest BCUT2D eigenvalue weighted by Crippen LogP contribution is 2.34. The van der Waals surface area contributed by atoms with Gasteiger partial charge in [0.2, 0.25) is 0 Å². The molecule has 118 valence electrons. The summed E-state index contributed by atoms with van der Waals surface area (Å²) in [6, 6.07) is 11.3. The number of benzene rings is 1. The average Bonchev–Trinajstić information content (AvgIpc) is 2.53. The molecule has 0 aromatic heterocycles. The van der Waals surface area contributed by atoms with Gasteiger partial charge in [-0.15, -0.1) is 0 Å². The summed E-state index contributed by atoms with van der Waals surface area (Å²) in [6.45, 7) is 3.03. The zero-order valence-corrected chi connectivity index (χ0v) is 14.2. The Labute approximate surface area is 132 Å². The van der Waals surface area contributed by atoms with Crippen LogP contribution < -0.4 is 5.32 Å². The lowest BCUT2D eigenvalue weighted by atomic mass is 9.81. The molecule has 2 rings (SSSR count). The Morgan fingerprint density at radius 2 is 1.86 bits per heavy atom. The van der Waals surface area contributed by atoms with Crippen LogP contribution in [0.3, 0.4) is 0 Å². The molecule has 0 bridgehead atoms. The van der Waals surface area contributed by atoms with Gasteiger partial charge in [-0.1, -0.05) is 56.5 Å². The molecule has 0 spiro atoms. The third-order valence-electron chi connectivity index (χ3n) is 4.76. The van der Waals surface area contributed by atoms with Crippen molar-refractivity contribution in [1.29, 1.82) is 0 Å². The minimum Gasteiger partial charge on any atom is -0.310 e. The molecular weight excluding hydrogens is 278 g/mol. The second-order valence-electron chi connectivity index (χ2n) is 6.34. The molecule has 1 aliphatic rings. The summed E-state index contributed by atoms with van der Waals surface area (Å²) in [5, 5.41) is 4.04. The Morgan fingerprint density at radius 1 is 1.19 bits per heavy atom. The Balaban J connectivity index is 1.97. The van der Waals surface area contributed by atoms with E-state index in [-0.39, 0.29) is 5.25 Å².